The van der Waals surface area contributed by atoms with Crippen LogP contribution in [0.2, 0.25) is 0 Å². The van der Waals surface area contributed by atoms with Crippen LogP contribution in [0.15, 0.2) is 53.4 Å². The molecular weight excluding hydrogens is 424 g/mol. The van der Waals surface area contributed by atoms with Gasteiger partial charge in [-0.2, -0.15) is 5.10 Å². The third kappa shape index (κ3) is 4.70. The number of hydrogen-bond donors (Lipinski definition) is 1. The van der Waals surface area contributed by atoms with Crippen molar-refractivity contribution in [2.24, 2.45) is 7.05 Å². The molecule has 0 unspecified atom stereocenters. The van der Waals surface area contributed by atoms with Crippen molar-refractivity contribution in [3.8, 4) is 0 Å². The summed E-state index contributed by atoms with van der Waals surface area (Å²) in [5.74, 6) is -0.115. The Morgan fingerprint density at radius 3 is 2.22 bits per heavy atom. The van der Waals surface area contributed by atoms with Crippen molar-refractivity contribution in [1.82, 2.24) is 9.78 Å². The average Bonchev–Trinajstić information content (AvgIpc) is 3.00. The number of nitrogens with one attached hydrogen (secondary N) is 1. The number of aryl methyl sites for hydroxylation is 3. The van der Waals surface area contributed by atoms with Gasteiger partial charge in [-0.3, -0.25) is 13.8 Å². The molecular formula is C24H30N4O3S. The van der Waals surface area contributed by atoms with Crippen molar-refractivity contribution in [2.45, 2.75) is 45.4 Å². The summed E-state index contributed by atoms with van der Waals surface area (Å²) >= 11 is 0. The van der Waals surface area contributed by atoms with E-state index in [4.69, 9.17) is 0 Å². The Kier molecular flexibility index (Phi) is 6.74. The fraction of sp³-hybridized carbons (Fsp3) is 0.333. The lowest BCUT2D eigenvalue weighted by atomic mass is 10.0. The number of hydrogen-bond acceptors (Lipinski definition) is 4. The van der Waals surface area contributed by atoms with E-state index in [0.29, 0.717) is 28.7 Å². The Morgan fingerprint density at radius 2 is 1.69 bits per heavy atom. The van der Waals surface area contributed by atoms with Gasteiger partial charge in [-0.15, -0.1) is 0 Å². The molecule has 1 N–H and O–H groups in total. The van der Waals surface area contributed by atoms with Crippen molar-refractivity contribution in [2.75, 3.05) is 16.2 Å². The standard InChI is InChI=1S/C24H30N4O3S/c1-16(2)20-11-13-21(14-12-20)28(15-23(29)25-22-10-8-7-9-17(22)3)32(30,31)24-18(4)26-27(6)19(24)5/h7-14,16H,15H2,1-6H3,(H,25,29). The summed E-state index contributed by atoms with van der Waals surface area (Å²) in [4.78, 5) is 13.1. The maximum atomic E-state index is 13.8. The molecule has 0 aliphatic rings. The van der Waals surface area contributed by atoms with E-state index in [-0.39, 0.29) is 11.4 Å². The molecule has 7 nitrogen and oxygen atoms in total. The van der Waals surface area contributed by atoms with Crippen LogP contribution in [-0.2, 0) is 21.9 Å². The van der Waals surface area contributed by atoms with Gasteiger partial charge < -0.3 is 5.32 Å². The highest BCUT2D eigenvalue weighted by molar-refractivity contribution is 7.93. The highest BCUT2D eigenvalue weighted by Gasteiger charge is 2.32. The summed E-state index contributed by atoms with van der Waals surface area (Å²) in [5.41, 5.74) is 3.98. The average molecular weight is 455 g/mol. The van der Waals surface area contributed by atoms with Crippen LogP contribution in [0.4, 0.5) is 11.4 Å². The maximum absolute atomic E-state index is 13.8. The predicted molar refractivity (Wildman–Crippen MR) is 128 cm³/mol. The summed E-state index contributed by atoms with van der Waals surface area (Å²) < 4.78 is 30.2. The number of sulfonamides is 1. The third-order valence-electron chi connectivity index (χ3n) is 5.54. The second kappa shape index (κ2) is 9.16. The van der Waals surface area contributed by atoms with Gasteiger partial charge in [0, 0.05) is 12.7 Å². The zero-order chi connectivity index (χ0) is 23.6. The van der Waals surface area contributed by atoms with Crippen LogP contribution in [0, 0.1) is 20.8 Å². The molecule has 0 saturated heterocycles. The van der Waals surface area contributed by atoms with Gasteiger partial charge >= 0.3 is 0 Å². The van der Waals surface area contributed by atoms with Gasteiger partial charge in [0.2, 0.25) is 5.91 Å². The first kappa shape index (κ1) is 23.5. The molecule has 0 atom stereocenters. The number of carbonyl (C=O) groups is 1. The van der Waals surface area contributed by atoms with E-state index >= 15 is 0 Å². The molecule has 1 heterocycles. The third-order valence-corrected chi connectivity index (χ3v) is 7.57. The van der Waals surface area contributed by atoms with Gasteiger partial charge in [-0.05, 0) is 56.0 Å². The minimum Gasteiger partial charge on any atom is -0.324 e. The molecule has 32 heavy (non-hydrogen) atoms. The summed E-state index contributed by atoms with van der Waals surface area (Å²) in [5, 5.41) is 7.09. The SMILES string of the molecule is Cc1ccccc1NC(=O)CN(c1ccc(C(C)C)cc1)S(=O)(=O)c1c(C)nn(C)c1C. The van der Waals surface area contributed by atoms with Crippen LogP contribution >= 0.6 is 0 Å². The normalized spacial score (nSPS) is 11.6. The molecule has 2 aromatic carbocycles. The van der Waals surface area contributed by atoms with Gasteiger partial charge in [0.15, 0.2) is 0 Å². The van der Waals surface area contributed by atoms with Gasteiger partial charge in [0.1, 0.15) is 11.4 Å². The second-order valence-corrected chi connectivity index (χ2v) is 10.0. The highest BCUT2D eigenvalue weighted by atomic mass is 32.2. The van der Waals surface area contributed by atoms with E-state index < -0.39 is 15.9 Å². The van der Waals surface area contributed by atoms with Crippen molar-refractivity contribution >= 4 is 27.3 Å². The highest BCUT2D eigenvalue weighted by Crippen LogP contribution is 2.29. The van der Waals surface area contributed by atoms with E-state index in [1.54, 1.807) is 39.1 Å². The molecule has 0 spiro atoms. The first-order chi connectivity index (χ1) is 15.0. The number of aromatic nitrogens is 2. The zero-order valence-corrected chi connectivity index (χ0v) is 20.2. The fourth-order valence-electron chi connectivity index (χ4n) is 3.61. The molecule has 3 aromatic rings. The molecule has 170 valence electrons. The lowest BCUT2D eigenvalue weighted by Gasteiger charge is -2.25. The minimum atomic E-state index is -4.04. The smallest absolute Gasteiger partial charge is 0.268 e. The van der Waals surface area contributed by atoms with Gasteiger partial charge in [0.05, 0.1) is 17.1 Å². The number of nitrogens with zero attached hydrogens (tertiary/aromatic N) is 3. The fourth-order valence-corrected chi connectivity index (χ4v) is 5.44. The number of rotatable bonds is 7. The van der Waals surface area contributed by atoms with Crippen LogP contribution in [0.25, 0.3) is 0 Å². The van der Waals surface area contributed by atoms with Gasteiger partial charge in [0.25, 0.3) is 10.0 Å². The molecule has 1 amide bonds. The molecule has 0 aliphatic heterocycles. The Bertz CT molecular complexity index is 1230. The summed E-state index contributed by atoms with van der Waals surface area (Å²) in [6.07, 6.45) is 0. The van der Waals surface area contributed by atoms with Gasteiger partial charge in [-0.25, -0.2) is 8.42 Å². The van der Waals surface area contributed by atoms with Crippen LogP contribution < -0.4 is 9.62 Å². The number of benzene rings is 2. The Morgan fingerprint density at radius 1 is 1.06 bits per heavy atom. The maximum Gasteiger partial charge on any atom is 0.268 e. The largest absolute Gasteiger partial charge is 0.324 e. The first-order valence-electron chi connectivity index (χ1n) is 10.5. The van der Waals surface area contributed by atoms with E-state index in [1.807, 2.05) is 37.3 Å². The van der Waals surface area contributed by atoms with Crippen LogP contribution in [0.5, 0.6) is 0 Å². The number of anilines is 2. The Hall–Kier alpha value is -3.13. The topological polar surface area (TPSA) is 84.3 Å². The number of para-hydroxylation sites is 1. The molecule has 1 aromatic heterocycles. The quantitative estimate of drug-likeness (QED) is 0.577. The second-order valence-electron chi connectivity index (χ2n) is 8.24. The van der Waals surface area contributed by atoms with E-state index in [2.05, 4.69) is 24.3 Å². The molecule has 0 aliphatic carbocycles. The molecule has 0 bridgehead atoms. The van der Waals surface area contributed by atoms with E-state index in [9.17, 15) is 13.2 Å². The molecule has 3 rings (SSSR count). The zero-order valence-electron chi connectivity index (χ0n) is 19.4. The Labute approximate surface area is 190 Å². The van der Waals surface area contributed by atoms with E-state index in [1.165, 1.54) is 4.68 Å². The van der Waals surface area contributed by atoms with Crippen LogP contribution in [0.1, 0.15) is 42.3 Å². The molecule has 0 radical (unpaired) electrons. The van der Waals surface area contributed by atoms with Gasteiger partial charge in [-0.1, -0.05) is 44.2 Å². The first-order valence-corrected chi connectivity index (χ1v) is 11.9. The lowest BCUT2D eigenvalue weighted by molar-refractivity contribution is -0.114. The van der Waals surface area contributed by atoms with Crippen molar-refractivity contribution in [3.63, 3.8) is 0 Å². The summed E-state index contributed by atoms with van der Waals surface area (Å²) in [6, 6.07) is 14.7. The predicted octanol–water partition coefficient (Wildman–Crippen LogP) is 4.30. The number of amides is 1. The van der Waals surface area contributed by atoms with Crippen LogP contribution in [-0.4, -0.2) is 30.7 Å². The minimum absolute atomic E-state index is 0.122. The number of carbonyl (C=O) groups excluding carboxylic acids is 1. The van der Waals surface area contributed by atoms with Crippen LogP contribution in [0.3, 0.4) is 0 Å². The monoisotopic (exact) mass is 454 g/mol. The van der Waals surface area contributed by atoms with Crippen molar-refractivity contribution in [1.29, 1.82) is 0 Å². The summed E-state index contributed by atoms with van der Waals surface area (Å²) in [6.45, 7) is 9.04. The van der Waals surface area contributed by atoms with Crippen molar-refractivity contribution < 1.29 is 13.2 Å². The summed E-state index contributed by atoms with van der Waals surface area (Å²) in [7, 11) is -2.33. The Balaban J connectivity index is 2.03. The molecule has 8 heteroatoms. The van der Waals surface area contributed by atoms with E-state index in [0.717, 1.165) is 15.4 Å². The molecule has 0 saturated carbocycles. The molecule has 0 fully saturated rings. The lowest BCUT2D eigenvalue weighted by Crippen LogP contribution is -2.38. The van der Waals surface area contributed by atoms with Crippen molar-refractivity contribution in [3.05, 3.63) is 71.0 Å².